The molecule has 0 aromatic heterocycles. The number of benzene rings is 2. The second kappa shape index (κ2) is 4.14. The first-order chi connectivity index (χ1) is 8.65. The molecular formula is C15H12ClNO. The zero-order valence-corrected chi connectivity index (χ0v) is 10.7. The molecule has 18 heavy (non-hydrogen) atoms. The second-order valence-electron chi connectivity index (χ2n) is 4.56. The summed E-state index contributed by atoms with van der Waals surface area (Å²) in [4.78, 5) is 12.1. The third-order valence-corrected chi connectivity index (χ3v) is 3.49. The Morgan fingerprint density at radius 1 is 1.11 bits per heavy atom. The van der Waals surface area contributed by atoms with Gasteiger partial charge >= 0.3 is 0 Å². The molecule has 1 heterocycles. The number of aryl methyl sites for hydroxylation is 1. The zero-order valence-electron chi connectivity index (χ0n) is 9.91. The monoisotopic (exact) mass is 257 g/mol. The summed E-state index contributed by atoms with van der Waals surface area (Å²) in [6.07, 6.45) is 0. The van der Waals surface area contributed by atoms with Crippen LogP contribution in [-0.4, -0.2) is 5.91 Å². The molecule has 0 spiro atoms. The molecule has 0 aliphatic carbocycles. The molecule has 1 aliphatic rings. The van der Waals surface area contributed by atoms with Crippen molar-refractivity contribution < 1.29 is 4.79 Å². The summed E-state index contributed by atoms with van der Waals surface area (Å²) in [7, 11) is 0. The molecule has 90 valence electrons. The van der Waals surface area contributed by atoms with E-state index in [2.05, 4.69) is 5.32 Å². The molecule has 3 heteroatoms. The van der Waals surface area contributed by atoms with Crippen molar-refractivity contribution in [1.29, 1.82) is 0 Å². The molecule has 2 nitrogen and oxygen atoms in total. The van der Waals surface area contributed by atoms with E-state index in [0.29, 0.717) is 5.02 Å². The summed E-state index contributed by atoms with van der Waals surface area (Å²) in [5.74, 6) is -0.240. The number of hydrogen-bond acceptors (Lipinski definition) is 1. The number of nitrogens with one attached hydrogen (secondary N) is 1. The summed E-state index contributed by atoms with van der Waals surface area (Å²) in [6.45, 7) is 2.03. The molecule has 1 N–H and O–H groups in total. The quantitative estimate of drug-likeness (QED) is 0.829. The van der Waals surface area contributed by atoms with E-state index in [4.69, 9.17) is 11.6 Å². The fourth-order valence-electron chi connectivity index (χ4n) is 2.32. The van der Waals surface area contributed by atoms with E-state index < -0.39 is 0 Å². The minimum Gasteiger partial charge on any atom is -0.325 e. The molecule has 0 saturated heterocycles. The highest BCUT2D eigenvalue weighted by molar-refractivity contribution is 6.31. The first-order valence-electron chi connectivity index (χ1n) is 5.82. The average Bonchev–Trinajstić information content (AvgIpc) is 2.66. The van der Waals surface area contributed by atoms with Crippen molar-refractivity contribution in [1.82, 2.24) is 0 Å². The minimum atomic E-state index is -0.251. The number of hydrogen-bond donors (Lipinski definition) is 1. The Morgan fingerprint density at radius 2 is 1.83 bits per heavy atom. The molecule has 0 fully saturated rings. The fraction of sp³-hybridized carbons (Fsp3) is 0.133. The van der Waals surface area contributed by atoms with Gasteiger partial charge in [0.1, 0.15) is 0 Å². The number of fused-ring (bicyclic) bond motifs is 1. The molecule has 0 radical (unpaired) electrons. The number of halogens is 1. The van der Waals surface area contributed by atoms with Crippen molar-refractivity contribution in [3.05, 3.63) is 64.2 Å². The highest BCUT2D eigenvalue weighted by Gasteiger charge is 2.31. The number of anilines is 1. The number of rotatable bonds is 1. The van der Waals surface area contributed by atoms with Gasteiger partial charge in [-0.2, -0.15) is 0 Å². The Hall–Kier alpha value is -1.80. The zero-order chi connectivity index (χ0) is 12.7. The van der Waals surface area contributed by atoms with Gasteiger partial charge in [-0.3, -0.25) is 4.79 Å². The normalized spacial score (nSPS) is 17.4. The van der Waals surface area contributed by atoms with E-state index >= 15 is 0 Å². The molecule has 1 atom stereocenters. The van der Waals surface area contributed by atoms with Crippen LogP contribution in [0.2, 0.25) is 5.02 Å². The van der Waals surface area contributed by atoms with Gasteiger partial charge in [-0.15, -0.1) is 0 Å². The lowest BCUT2D eigenvalue weighted by molar-refractivity contribution is -0.116. The van der Waals surface area contributed by atoms with Gasteiger partial charge in [-0.25, -0.2) is 0 Å². The van der Waals surface area contributed by atoms with Crippen LogP contribution in [0.1, 0.15) is 22.6 Å². The predicted octanol–water partition coefficient (Wildman–Crippen LogP) is 3.73. The Balaban J connectivity index is 2.11. The molecule has 1 aliphatic heterocycles. The van der Waals surface area contributed by atoms with Gasteiger partial charge in [0.2, 0.25) is 5.91 Å². The Morgan fingerprint density at radius 3 is 2.56 bits per heavy atom. The van der Waals surface area contributed by atoms with Crippen LogP contribution in [0.25, 0.3) is 0 Å². The van der Waals surface area contributed by atoms with E-state index in [-0.39, 0.29) is 11.8 Å². The van der Waals surface area contributed by atoms with Crippen LogP contribution in [0, 0.1) is 6.92 Å². The maximum absolute atomic E-state index is 12.1. The van der Waals surface area contributed by atoms with Crippen LogP contribution in [0.3, 0.4) is 0 Å². The minimum absolute atomic E-state index is 0.0103. The third kappa shape index (κ3) is 1.79. The maximum atomic E-state index is 12.1. The van der Waals surface area contributed by atoms with Crippen LogP contribution in [0.5, 0.6) is 0 Å². The lowest BCUT2D eigenvalue weighted by Crippen LogP contribution is -2.13. The molecular weight excluding hydrogens is 246 g/mol. The molecule has 0 saturated carbocycles. The first kappa shape index (κ1) is 11.3. The first-order valence-corrected chi connectivity index (χ1v) is 6.20. The summed E-state index contributed by atoms with van der Waals surface area (Å²) >= 11 is 6.01. The highest BCUT2D eigenvalue weighted by atomic mass is 35.5. The summed E-state index contributed by atoms with van der Waals surface area (Å²) in [6, 6.07) is 13.5. The van der Waals surface area contributed by atoms with Gasteiger partial charge in [-0.05, 0) is 36.2 Å². The average molecular weight is 258 g/mol. The molecule has 3 rings (SSSR count). The van der Waals surface area contributed by atoms with Crippen molar-refractivity contribution in [3.63, 3.8) is 0 Å². The molecule has 1 amide bonds. The van der Waals surface area contributed by atoms with Crippen LogP contribution in [0.4, 0.5) is 5.69 Å². The summed E-state index contributed by atoms with van der Waals surface area (Å²) in [5, 5.41) is 3.55. The van der Waals surface area contributed by atoms with Crippen molar-refractivity contribution in [2.24, 2.45) is 0 Å². The van der Waals surface area contributed by atoms with E-state index in [0.717, 1.165) is 16.8 Å². The molecule has 1 unspecified atom stereocenters. The molecule has 0 bridgehead atoms. The Kier molecular flexibility index (Phi) is 2.60. The van der Waals surface area contributed by atoms with E-state index in [1.54, 1.807) is 6.07 Å². The topological polar surface area (TPSA) is 29.1 Å². The summed E-state index contributed by atoms with van der Waals surface area (Å²) < 4.78 is 0. The van der Waals surface area contributed by atoms with Crippen molar-refractivity contribution in [2.45, 2.75) is 12.8 Å². The lowest BCUT2D eigenvalue weighted by Gasteiger charge is -2.09. The smallest absolute Gasteiger partial charge is 0.236 e. The fourth-order valence-corrected chi connectivity index (χ4v) is 2.50. The number of amides is 1. The van der Waals surface area contributed by atoms with E-state index in [1.807, 2.05) is 43.3 Å². The Labute approximate surface area is 111 Å². The van der Waals surface area contributed by atoms with E-state index in [9.17, 15) is 4.79 Å². The van der Waals surface area contributed by atoms with Gasteiger partial charge in [0.15, 0.2) is 0 Å². The van der Waals surface area contributed by atoms with Crippen molar-refractivity contribution in [3.8, 4) is 0 Å². The van der Waals surface area contributed by atoms with Gasteiger partial charge in [0, 0.05) is 10.7 Å². The van der Waals surface area contributed by atoms with Crippen molar-refractivity contribution >= 4 is 23.2 Å². The van der Waals surface area contributed by atoms with Gasteiger partial charge in [0.05, 0.1) is 5.92 Å². The third-order valence-electron chi connectivity index (χ3n) is 3.26. The largest absolute Gasteiger partial charge is 0.325 e. The van der Waals surface area contributed by atoms with Gasteiger partial charge < -0.3 is 5.32 Å². The second-order valence-corrected chi connectivity index (χ2v) is 5.00. The Bertz CT molecular complexity index is 619. The highest BCUT2D eigenvalue weighted by Crippen LogP contribution is 2.38. The van der Waals surface area contributed by atoms with Crippen LogP contribution in [-0.2, 0) is 4.79 Å². The van der Waals surface area contributed by atoms with Crippen LogP contribution < -0.4 is 5.32 Å². The van der Waals surface area contributed by atoms with Gasteiger partial charge in [-0.1, -0.05) is 41.4 Å². The maximum Gasteiger partial charge on any atom is 0.236 e. The number of carbonyl (C=O) groups excluding carboxylic acids is 1. The molecule has 2 aromatic carbocycles. The SMILES string of the molecule is Cc1ccc(C2C(=O)Nc3ccc(Cl)cc32)cc1. The van der Waals surface area contributed by atoms with Crippen LogP contribution >= 0.6 is 11.6 Å². The predicted molar refractivity (Wildman–Crippen MR) is 73.1 cm³/mol. The number of carbonyl (C=O) groups is 1. The van der Waals surface area contributed by atoms with Crippen LogP contribution in [0.15, 0.2) is 42.5 Å². The van der Waals surface area contributed by atoms with Crippen molar-refractivity contribution in [2.75, 3.05) is 5.32 Å². The standard InChI is InChI=1S/C15H12ClNO/c1-9-2-4-10(5-3-9)14-12-8-11(16)6-7-13(12)17-15(14)18/h2-8,14H,1H3,(H,17,18). The molecule has 2 aromatic rings. The summed E-state index contributed by atoms with van der Waals surface area (Å²) in [5.41, 5.74) is 3.99. The lowest BCUT2D eigenvalue weighted by atomic mass is 9.92. The van der Waals surface area contributed by atoms with E-state index in [1.165, 1.54) is 5.56 Å². The van der Waals surface area contributed by atoms with Gasteiger partial charge in [0.25, 0.3) is 0 Å².